The van der Waals surface area contributed by atoms with Gasteiger partial charge in [-0.25, -0.2) is 0 Å². The average Bonchev–Trinajstić information content (AvgIpc) is 2.87. The Morgan fingerprint density at radius 1 is 1.10 bits per heavy atom. The smallest absolute Gasteiger partial charge is 0.226 e. The maximum absolute atomic E-state index is 6.19. The molecule has 20 heavy (non-hydrogen) atoms. The number of nitrogens with one attached hydrogen (secondary N) is 2. The van der Waals surface area contributed by atoms with Crippen molar-refractivity contribution in [1.82, 2.24) is 20.2 Å². The second-order valence-corrected chi connectivity index (χ2v) is 5.77. The predicted octanol–water partition coefficient (Wildman–Crippen LogP) is 4.82. The SMILES string of the molecule is Clc1nc(Nc2ccc(Br)c(Cl)c2Cl)c2cn[nH]c2n1. The minimum atomic E-state index is 0.101. The number of nitrogens with zero attached hydrogens (tertiary/aromatic N) is 3. The van der Waals surface area contributed by atoms with Gasteiger partial charge in [-0.2, -0.15) is 15.1 Å². The summed E-state index contributed by atoms with van der Waals surface area (Å²) in [5, 5.41) is 11.3. The van der Waals surface area contributed by atoms with Crippen LogP contribution in [0.25, 0.3) is 11.0 Å². The summed E-state index contributed by atoms with van der Waals surface area (Å²) in [7, 11) is 0. The largest absolute Gasteiger partial charge is 0.338 e. The molecule has 1 aromatic carbocycles. The summed E-state index contributed by atoms with van der Waals surface area (Å²) in [4.78, 5) is 8.15. The minimum absolute atomic E-state index is 0.101. The molecule has 3 rings (SSSR count). The Morgan fingerprint density at radius 2 is 1.90 bits per heavy atom. The first-order chi connectivity index (χ1) is 9.56. The summed E-state index contributed by atoms with van der Waals surface area (Å²) in [6.45, 7) is 0. The van der Waals surface area contributed by atoms with E-state index in [-0.39, 0.29) is 5.28 Å². The van der Waals surface area contributed by atoms with E-state index in [0.717, 1.165) is 0 Å². The lowest BCUT2D eigenvalue weighted by atomic mass is 10.3. The second kappa shape index (κ2) is 5.37. The molecule has 0 aliphatic carbocycles. The number of halogens is 4. The molecule has 2 N–H and O–H groups in total. The lowest BCUT2D eigenvalue weighted by Gasteiger charge is -2.10. The van der Waals surface area contributed by atoms with Crippen molar-refractivity contribution >= 4 is 73.3 Å². The molecule has 0 saturated heterocycles. The molecule has 0 aliphatic rings. The van der Waals surface area contributed by atoms with E-state index in [1.54, 1.807) is 18.3 Å². The van der Waals surface area contributed by atoms with Crippen molar-refractivity contribution in [3.05, 3.63) is 38.1 Å². The molecule has 0 aliphatic heterocycles. The number of benzene rings is 1. The molecule has 2 heterocycles. The Labute approximate surface area is 136 Å². The highest BCUT2D eigenvalue weighted by Gasteiger charge is 2.13. The number of anilines is 2. The van der Waals surface area contributed by atoms with Crippen LogP contribution in [0, 0.1) is 0 Å². The zero-order valence-electron chi connectivity index (χ0n) is 9.59. The Balaban J connectivity index is 2.10. The fourth-order valence-corrected chi connectivity index (χ4v) is 2.64. The van der Waals surface area contributed by atoms with Gasteiger partial charge >= 0.3 is 0 Å². The summed E-state index contributed by atoms with van der Waals surface area (Å²) >= 11 is 21.4. The van der Waals surface area contributed by atoms with Crippen LogP contribution in [0.1, 0.15) is 0 Å². The van der Waals surface area contributed by atoms with Crippen molar-refractivity contribution in [3.8, 4) is 0 Å². The highest BCUT2D eigenvalue weighted by Crippen LogP contribution is 2.37. The van der Waals surface area contributed by atoms with Gasteiger partial charge in [0.25, 0.3) is 0 Å². The number of aromatic nitrogens is 4. The first kappa shape index (κ1) is 13.9. The van der Waals surface area contributed by atoms with Crippen LogP contribution in [-0.4, -0.2) is 20.2 Å². The van der Waals surface area contributed by atoms with E-state index in [2.05, 4.69) is 41.4 Å². The fraction of sp³-hybridized carbons (Fsp3) is 0. The van der Waals surface area contributed by atoms with Gasteiger partial charge < -0.3 is 5.32 Å². The normalized spacial score (nSPS) is 11.0. The van der Waals surface area contributed by atoms with Crippen molar-refractivity contribution in [2.24, 2.45) is 0 Å². The van der Waals surface area contributed by atoms with Gasteiger partial charge in [0.1, 0.15) is 5.82 Å². The molecule has 0 saturated carbocycles. The number of hydrogen-bond donors (Lipinski definition) is 2. The van der Waals surface area contributed by atoms with Crippen LogP contribution in [0.2, 0.25) is 15.3 Å². The average molecular weight is 393 g/mol. The second-order valence-electron chi connectivity index (χ2n) is 3.82. The number of aromatic amines is 1. The van der Waals surface area contributed by atoms with Crippen LogP contribution in [0.15, 0.2) is 22.8 Å². The third-order valence-electron chi connectivity index (χ3n) is 2.57. The topological polar surface area (TPSA) is 66.5 Å². The predicted molar refractivity (Wildman–Crippen MR) is 84.1 cm³/mol. The van der Waals surface area contributed by atoms with Gasteiger partial charge in [0.15, 0.2) is 5.65 Å². The van der Waals surface area contributed by atoms with Crippen molar-refractivity contribution in [3.63, 3.8) is 0 Å². The summed E-state index contributed by atoms with van der Waals surface area (Å²) in [5.74, 6) is 0.494. The van der Waals surface area contributed by atoms with E-state index in [9.17, 15) is 0 Å². The standard InChI is InChI=1S/C11H5BrCl3N5/c12-5-1-2-6(8(14)7(5)13)17-9-4-3-16-20-10(4)19-11(15)18-9/h1-3H,(H2,16,17,18,19,20). The molecule has 5 nitrogen and oxygen atoms in total. The van der Waals surface area contributed by atoms with Gasteiger partial charge in [0, 0.05) is 4.47 Å². The van der Waals surface area contributed by atoms with Crippen molar-refractivity contribution in [2.75, 3.05) is 5.32 Å². The summed E-state index contributed by atoms with van der Waals surface area (Å²) in [6.07, 6.45) is 1.60. The molecular weight excluding hydrogens is 388 g/mol. The summed E-state index contributed by atoms with van der Waals surface area (Å²) < 4.78 is 0.712. The molecule has 0 unspecified atom stereocenters. The highest BCUT2D eigenvalue weighted by molar-refractivity contribution is 9.10. The molecular formula is C11H5BrCl3N5. The lowest BCUT2D eigenvalue weighted by Crippen LogP contribution is -1.97. The highest BCUT2D eigenvalue weighted by atomic mass is 79.9. The molecule has 0 spiro atoms. The zero-order chi connectivity index (χ0) is 14.3. The van der Waals surface area contributed by atoms with Crippen molar-refractivity contribution < 1.29 is 0 Å². The first-order valence-electron chi connectivity index (χ1n) is 5.33. The van der Waals surface area contributed by atoms with E-state index in [0.29, 0.717) is 37.1 Å². The summed E-state index contributed by atoms with van der Waals surface area (Å²) in [6, 6.07) is 3.56. The van der Waals surface area contributed by atoms with E-state index in [1.165, 1.54) is 0 Å². The molecule has 3 aromatic rings. The van der Waals surface area contributed by atoms with Gasteiger partial charge in [0.2, 0.25) is 5.28 Å². The molecule has 0 fully saturated rings. The van der Waals surface area contributed by atoms with Gasteiger partial charge in [-0.05, 0) is 39.7 Å². The molecule has 2 aromatic heterocycles. The monoisotopic (exact) mass is 391 g/mol. The van der Waals surface area contributed by atoms with Crippen LogP contribution in [-0.2, 0) is 0 Å². The lowest BCUT2D eigenvalue weighted by molar-refractivity contribution is 1.09. The minimum Gasteiger partial charge on any atom is -0.338 e. The Bertz CT molecular complexity index is 804. The molecule has 0 amide bonds. The van der Waals surface area contributed by atoms with Crippen LogP contribution in [0.4, 0.5) is 11.5 Å². The molecule has 102 valence electrons. The van der Waals surface area contributed by atoms with Gasteiger partial charge in [0.05, 0.1) is 27.3 Å². The van der Waals surface area contributed by atoms with Crippen LogP contribution >= 0.6 is 50.7 Å². The molecule has 0 radical (unpaired) electrons. The Morgan fingerprint density at radius 3 is 2.70 bits per heavy atom. The fourth-order valence-electron chi connectivity index (χ4n) is 1.65. The first-order valence-corrected chi connectivity index (χ1v) is 7.26. The Kier molecular flexibility index (Phi) is 3.72. The van der Waals surface area contributed by atoms with Gasteiger partial charge in [-0.1, -0.05) is 23.2 Å². The van der Waals surface area contributed by atoms with Crippen molar-refractivity contribution in [1.29, 1.82) is 0 Å². The summed E-state index contributed by atoms with van der Waals surface area (Å²) in [5.41, 5.74) is 1.14. The van der Waals surface area contributed by atoms with E-state index in [4.69, 9.17) is 34.8 Å². The maximum atomic E-state index is 6.19. The van der Waals surface area contributed by atoms with Crippen LogP contribution < -0.4 is 5.32 Å². The maximum Gasteiger partial charge on any atom is 0.226 e. The third-order valence-corrected chi connectivity index (χ3v) is 4.51. The van der Waals surface area contributed by atoms with Gasteiger partial charge in [-0.3, -0.25) is 5.10 Å². The van der Waals surface area contributed by atoms with E-state index >= 15 is 0 Å². The molecule has 0 bridgehead atoms. The molecule has 0 atom stereocenters. The van der Waals surface area contributed by atoms with Crippen LogP contribution in [0.5, 0.6) is 0 Å². The zero-order valence-corrected chi connectivity index (χ0v) is 13.4. The quantitative estimate of drug-likeness (QED) is 0.484. The van der Waals surface area contributed by atoms with Crippen molar-refractivity contribution in [2.45, 2.75) is 0 Å². The van der Waals surface area contributed by atoms with Crippen LogP contribution in [0.3, 0.4) is 0 Å². The number of rotatable bonds is 2. The van der Waals surface area contributed by atoms with E-state index in [1.807, 2.05) is 0 Å². The third kappa shape index (κ3) is 2.44. The molecule has 9 heteroatoms. The number of fused-ring (bicyclic) bond motifs is 1. The van der Waals surface area contributed by atoms with E-state index < -0.39 is 0 Å². The number of hydrogen-bond acceptors (Lipinski definition) is 4. The number of H-pyrrole nitrogens is 1. The Hall–Kier alpha value is -1.08. The van der Waals surface area contributed by atoms with Gasteiger partial charge in [-0.15, -0.1) is 0 Å².